The van der Waals surface area contributed by atoms with Gasteiger partial charge in [-0.05, 0) is 19.1 Å². The summed E-state index contributed by atoms with van der Waals surface area (Å²) in [6, 6.07) is 3.83. The van der Waals surface area contributed by atoms with Crippen LogP contribution in [0.2, 0.25) is 0 Å². The molecule has 1 aliphatic rings. The highest BCUT2D eigenvalue weighted by molar-refractivity contribution is 7.99. The van der Waals surface area contributed by atoms with Gasteiger partial charge in [0.05, 0.1) is 0 Å². The molecule has 0 spiro atoms. The quantitative estimate of drug-likeness (QED) is 0.784. The second kappa shape index (κ2) is 6.89. The van der Waals surface area contributed by atoms with E-state index in [1.165, 1.54) is 0 Å². The van der Waals surface area contributed by atoms with Gasteiger partial charge in [0.15, 0.2) is 5.82 Å². The molecule has 3 rings (SSSR count). The van der Waals surface area contributed by atoms with Crippen molar-refractivity contribution in [1.82, 2.24) is 25.5 Å². The highest BCUT2D eigenvalue weighted by Gasteiger charge is 2.17. The van der Waals surface area contributed by atoms with Crippen molar-refractivity contribution in [3.05, 3.63) is 24.2 Å². The number of rotatable bonds is 4. The van der Waals surface area contributed by atoms with Crippen LogP contribution in [-0.2, 0) is 4.79 Å². The molecule has 1 unspecified atom stereocenters. The Bertz CT molecular complexity index is 652. The second-order valence-corrected chi connectivity index (χ2v) is 6.30. The van der Waals surface area contributed by atoms with Crippen LogP contribution >= 0.6 is 11.8 Å². The zero-order valence-corrected chi connectivity index (χ0v) is 13.1. The van der Waals surface area contributed by atoms with Gasteiger partial charge >= 0.3 is 0 Å². The number of anilines is 1. The van der Waals surface area contributed by atoms with Crippen LogP contribution in [0.1, 0.15) is 12.2 Å². The Kier molecular flexibility index (Phi) is 4.69. The van der Waals surface area contributed by atoms with E-state index in [0.29, 0.717) is 18.1 Å². The monoisotopic (exact) mass is 318 g/mol. The molecule has 2 aromatic heterocycles. The van der Waals surface area contributed by atoms with Crippen molar-refractivity contribution >= 4 is 23.5 Å². The predicted molar refractivity (Wildman–Crippen MR) is 86.7 cm³/mol. The lowest BCUT2D eigenvalue weighted by Crippen LogP contribution is -2.39. The minimum Gasteiger partial charge on any atom is -0.312 e. The van der Waals surface area contributed by atoms with E-state index in [0.717, 1.165) is 29.4 Å². The summed E-state index contributed by atoms with van der Waals surface area (Å²) in [5.41, 5.74) is 0.820. The molecule has 7 nitrogen and oxygen atoms in total. The van der Waals surface area contributed by atoms with Crippen LogP contribution < -0.4 is 10.6 Å². The molecule has 0 aromatic carbocycles. The van der Waals surface area contributed by atoms with E-state index in [2.05, 4.69) is 30.8 Å². The maximum absolute atomic E-state index is 12.1. The number of H-pyrrole nitrogens is 1. The van der Waals surface area contributed by atoms with Gasteiger partial charge in [0.2, 0.25) is 5.91 Å². The third kappa shape index (κ3) is 3.83. The van der Waals surface area contributed by atoms with Gasteiger partial charge in [-0.3, -0.25) is 9.89 Å². The fourth-order valence-electron chi connectivity index (χ4n) is 2.28. The molecular weight excluding hydrogens is 300 g/mol. The number of nitrogens with one attached hydrogen (secondary N) is 3. The van der Waals surface area contributed by atoms with Gasteiger partial charge in [0.1, 0.15) is 11.6 Å². The Labute approximate surface area is 132 Å². The number of aromatic nitrogens is 4. The first kappa shape index (κ1) is 15.0. The minimum atomic E-state index is -0.0317. The number of carbonyl (C=O) groups is 1. The highest BCUT2D eigenvalue weighted by Crippen LogP contribution is 2.17. The summed E-state index contributed by atoms with van der Waals surface area (Å²) in [5, 5.41) is 13.1. The number of aryl methyl sites for hydroxylation is 1. The number of aromatic amines is 1. The molecule has 3 heterocycles. The summed E-state index contributed by atoms with van der Waals surface area (Å²) in [7, 11) is 0. The van der Waals surface area contributed by atoms with Gasteiger partial charge in [0.25, 0.3) is 0 Å². The Balaban J connectivity index is 1.63. The lowest BCUT2D eigenvalue weighted by molar-refractivity contribution is -0.116. The van der Waals surface area contributed by atoms with Gasteiger partial charge in [-0.25, -0.2) is 9.97 Å². The Morgan fingerprint density at radius 3 is 3.18 bits per heavy atom. The molecule has 1 fully saturated rings. The van der Waals surface area contributed by atoms with Gasteiger partial charge < -0.3 is 10.6 Å². The Hall–Kier alpha value is -1.93. The van der Waals surface area contributed by atoms with E-state index >= 15 is 0 Å². The lowest BCUT2D eigenvalue weighted by atomic mass is 10.2. The van der Waals surface area contributed by atoms with Crippen LogP contribution in [0.4, 0.5) is 5.82 Å². The topological polar surface area (TPSA) is 95.6 Å². The second-order valence-electron chi connectivity index (χ2n) is 5.15. The summed E-state index contributed by atoms with van der Waals surface area (Å²) < 4.78 is 0. The van der Waals surface area contributed by atoms with Crippen molar-refractivity contribution < 1.29 is 4.79 Å². The average molecular weight is 318 g/mol. The number of hydrogen-bond acceptors (Lipinski definition) is 6. The van der Waals surface area contributed by atoms with E-state index < -0.39 is 0 Å². The first-order valence-electron chi connectivity index (χ1n) is 7.17. The van der Waals surface area contributed by atoms with Crippen molar-refractivity contribution in [2.24, 2.45) is 0 Å². The van der Waals surface area contributed by atoms with Crippen molar-refractivity contribution in [2.45, 2.75) is 19.4 Å². The standard InChI is InChI=1S/C14H18N6OS/c1-9-17-14(20-19-9)10-2-3-16-12(6-10)18-13(21)7-11-8-22-5-4-15-11/h2-3,6,11,15H,4-5,7-8H2,1H3,(H,16,18,21)(H,17,19,20). The van der Waals surface area contributed by atoms with Crippen LogP contribution in [0.25, 0.3) is 11.4 Å². The van der Waals surface area contributed by atoms with Crippen LogP contribution in [0.3, 0.4) is 0 Å². The molecule has 1 aliphatic heterocycles. The number of pyridine rings is 1. The molecule has 3 N–H and O–H groups in total. The van der Waals surface area contributed by atoms with Crippen LogP contribution in [0.15, 0.2) is 18.3 Å². The summed E-state index contributed by atoms with van der Waals surface area (Å²) in [5.74, 6) is 3.91. The van der Waals surface area contributed by atoms with Crippen molar-refractivity contribution in [1.29, 1.82) is 0 Å². The normalized spacial score (nSPS) is 18.1. The van der Waals surface area contributed by atoms with Crippen LogP contribution in [-0.4, -0.2) is 50.2 Å². The van der Waals surface area contributed by atoms with Crippen molar-refractivity contribution in [3.8, 4) is 11.4 Å². The summed E-state index contributed by atoms with van der Waals surface area (Å²) >= 11 is 1.88. The van der Waals surface area contributed by atoms with Crippen molar-refractivity contribution in [2.75, 3.05) is 23.4 Å². The number of thioether (sulfide) groups is 1. The molecular formula is C14H18N6OS. The zero-order valence-electron chi connectivity index (χ0n) is 12.3. The maximum Gasteiger partial charge on any atom is 0.227 e. The molecule has 0 bridgehead atoms. The fourth-order valence-corrected chi connectivity index (χ4v) is 3.23. The third-order valence-corrected chi connectivity index (χ3v) is 4.44. The molecule has 0 radical (unpaired) electrons. The molecule has 1 atom stereocenters. The molecule has 0 saturated carbocycles. The predicted octanol–water partition coefficient (Wildman–Crippen LogP) is 1.21. The first-order chi connectivity index (χ1) is 10.7. The molecule has 1 saturated heterocycles. The van der Waals surface area contributed by atoms with Gasteiger partial charge in [-0.15, -0.1) is 0 Å². The molecule has 2 aromatic rings. The molecule has 0 aliphatic carbocycles. The number of amides is 1. The van der Waals surface area contributed by atoms with E-state index in [1.807, 2.05) is 24.8 Å². The van der Waals surface area contributed by atoms with E-state index in [-0.39, 0.29) is 11.9 Å². The fraction of sp³-hybridized carbons (Fsp3) is 0.429. The zero-order chi connectivity index (χ0) is 15.4. The van der Waals surface area contributed by atoms with E-state index in [1.54, 1.807) is 12.3 Å². The number of hydrogen-bond donors (Lipinski definition) is 3. The minimum absolute atomic E-state index is 0.0317. The first-order valence-corrected chi connectivity index (χ1v) is 8.32. The summed E-state index contributed by atoms with van der Waals surface area (Å²) in [6.45, 7) is 2.80. The summed E-state index contributed by atoms with van der Waals surface area (Å²) in [4.78, 5) is 20.6. The Morgan fingerprint density at radius 2 is 2.45 bits per heavy atom. The van der Waals surface area contributed by atoms with Crippen LogP contribution in [0, 0.1) is 6.92 Å². The largest absolute Gasteiger partial charge is 0.312 e. The van der Waals surface area contributed by atoms with Crippen molar-refractivity contribution in [3.63, 3.8) is 0 Å². The SMILES string of the molecule is Cc1nc(-c2ccnc(NC(=O)CC3CSCCN3)c2)n[nH]1. The van der Waals surface area contributed by atoms with Gasteiger partial charge in [-0.2, -0.15) is 16.9 Å². The molecule has 8 heteroatoms. The lowest BCUT2D eigenvalue weighted by Gasteiger charge is -2.22. The third-order valence-electron chi connectivity index (χ3n) is 3.31. The molecule has 1 amide bonds. The Morgan fingerprint density at radius 1 is 1.55 bits per heavy atom. The van der Waals surface area contributed by atoms with Gasteiger partial charge in [0, 0.05) is 42.3 Å². The van der Waals surface area contributed by atoms with E-state index in [4.69, 9.17) is 0 Å². The highest BCUT2D eigenvalue weighted by atomic mass is 32.2. The number of carbonyl (C=O) groups excluding carboxylic acids is 1. The van der Waals surface area contributed by atoms with Crippen LogP contribution in [0.5, 0.6) is 0 Å². The summed E-state index contributed by atoms with van der Waals surface area (Å²) in [6.07, 6.45) is 2.10. The molecule has 116 valence electrons. The van der Waals surface area contributed by atoms with E-state index in [9.17, 15) is 4.79 Å². The maximum atomic E-state index is 12.1. The molecule has 22 heavy (non-hydrogen) atoms. The number of nitrogens with zero attached hydrogens (tertiary/aromatic N) is 3. The smallest absolute Gasteiger partial charge is 0.227 e. The van der Waals surface area contributed by atoms with Gasteiger partial charge in [-0.1, -0.05) is 0 Å². The average Bonchev–Trinajstić information content (AvgIpc) is 2.95.